The Kier molecular flexibility index (Phi) is 3.19. The van der Waals surface area contributed by atoms with Crippen molar-refractivity contribution in [3.05, 3.63) is 41.3 Å². The number of aromatic nitrogens is 3. The van der Waals surface area contributed by atoms with Crippen LogP contribution < -0.4 is 0 Å². The van der Waals surface area contributed by atoms with Crippen molar-refractivity contribution in [2.75, 3.05) is 0 Å². The third kappa shape index (κ3) is 2.39. The molecule has 16 heavy (non-hydrogen) atoms. The van der Waals surface area contributed by atoms with Crippen LogP contribution in [0, 0.1) is 20.8 Å². The lowest BCUT2D eigenvalue weighted by Crippen LogP contribution is -1.97. The quantitative estimate of drug-likeness (QED) is 0.745. The number of pyridine rings is 1. The van der Waals surface area contributed by atoms with Gasteiger partial charge in [-0.3, -0.25) is 0 Å². The smallest absolute Gasteiger partial charge is 0.194 e. The minimum atomic E-state index is 0.763. The summed E-state index contributed by atoms with van der Waals surface area (Å²) in [5, 5.41) is 1.68. The fourth-order valence-electron chi connectivity index (χ4n) is 1.29. The minimum Gasteiger partial charge on any atom is -0.249 e. The molecule has 0 N–H and O–H groups in total. The summed E-state index contributed by atoms with van der Waals surface area (Å²) in [7, 11) is 0. The van der Waals surface area contributed by atoms with E-state index in [0.717, 1.165) is 27.1 Å². The number of aryl methyl sites for hydroxylation is 2. The molecule has 2 rings (SSSR count). The second kappa shape index (κ2) is 4.61. The molecule has 0 atom stereocenters. The van der Waals surface area contributed by atoms with E-state index in [0.29, 0.717) is 0 Å². The Morgan fingerprint density at radius 1 is 1.00 bits per heavy atom. The van der Waals surface area contributed by atoms with Crippen molar-refractivity contribution in [2.45, 2.75) is 31.0 Å². The largest absolute Gasteiger partial charge is 0.249 e. The van der Waals surface area contributed by atoms with Crippen LogP contribution in [0.4, 0.5) is 0 Å². The van der Waals surface area contributed by atoms with E-state index < -0.39 is 0 Å². The Morgan fingerprint density at radius 3 is 2.25 bits per heavy atom. The number of nitrogens with zero attached hydrogens (tertiary/aromatic N) is 3. The Bertz CT molecular complexity index is 474. The van der Waals surface area contributed by atoms with Gasteiger partial charge >= 0.3 is 0 Å². The van der Waals surface area contributed by atoms with Crippen molar-refractivity contribution in [3.8, 4) is 0 Å². The van der Waals surface area contributed by atoms with Crippen LogP contribution in [0.3, 0.4) is 0 Å². The molecule has 0 bridgehead atoms. The molecule has 3 nitrogen and oxygen atoms in total. The summed E-state index contributed by atoms with van der Waals surface area (Å²) in [4.78, 5) is 13.1. The molecule has 0 unspecified atom stereocenters. The van der Waals surface area contributed by atoms with E-state index in [-0.39, 0.29) is 0 Å². The zero-order valence-electron chi connectivity index (χ0n) is 9.56. The molecule has 0 radical (unpaired) electrons. The zero-order chi connectivity index (χ0) is 11.5. The fourth-order valence-corrected chi connectivity index (χ4v) is 2.10. The van der Waals surface area contributed by atoms with Crippen molar-refractivity contribution < 1.29 is 0 Å². The molecule has 0 aliphatic carbocycles. The predicted molar refractivity (Wildman–Crippen MR) is 64.6 cm³/mol. The standard InChI is InChI=1S/C12H13N3S/c1-8-9(2)14-12(15-10(8)3)16-11-6-4-5-7-13-11/h4-7H,1-3H3. The third-order valence-electron chi connectivity index (χ3n) is 2.45. The van der Waals surface area contributed by atoms with Gasteiger partial charge in [0.1, 0.15) is 5.03 Å². The van der Waals surface area contributed by atoms with Crippen LogP contribution in [0.25, 0.3) is 0 Å². The summed E-state index contributed by atoms with van der Waals surface area (Å²) in [6.07, 6.45) is 1.77. The Morgan fingerprint density at radius 2 is 1.69 bits per heavy atom. The molecular weight excluding hydrogens is 218 g/mol. The lowest BCUT2D eigenvalue weighted by molar-refractivity contribution is 0.878. The molecule has 2 heterocycles. The van der Waals surface area contributed by atoms with E-state index in [1.165, 1.54) is 11.8 Å². The summed E-state index contributed by atoms with van der Waals surface area (Å²) < 4.78 is 0. The van der Waals surface area contributed by atoms with Crippen molar-refractivity contribution >= 4 is 11.8 Å². The summed E-state index contributed by atoms with van der Waals surface area (Å²) in [5.74, 6) is 0. The molecule has 0 aliphatic rings. The highest BCUT2D eigenvalue weighted by Crippen LogP contribution is 2.23. The molecular formula is C12H13N3S. The van der Waals surface area contributed by atoms with Crippen LogP contribution in [0.2, 0.25) is 0 Å². The maximum atomic E-state index is 4.44. The zero-order valence-corrected chi connectivity index (χ0v) is 10.4. The maximum Gasteiger partial charge on any atom is 0.194 e. The van der Waals surface area contributed by atoms with Crippen LogP contribution in [-0.2, 0) is 0 Å². The van der Waals surface area contributed by atoms with Crippen molar-refractivity contribution in [2.24, 2.45) is 0 Å². The summed E-state index contributed by atoms with van der Waals surface area (Å²) in [6, 6.07) is 5.82. The first-order chi connectivity index (χ1) is 7.66. The van der Waals surface area contributed by atoms with Gasteiger partial charge in [-0.15, -0.1) is 0 Å². The van der Waals surface area contributed by atoms with Crippen molar-refractivity contribution in [3.63, 3.8) is 0 Å². The molecule has 0 aliphatic heterocycles. The van der Waals surface area contributed by atoms with E-state index in [1.54, 1.807) is 6.20 Å². The first kappa shape index (κ1) is 11.1. The molecule has 0 amide bonds. The number of hydrogen-bond donors (Lipinski definition) is 0. The van der Waals surface area contributed by atoms with E-state index in [4.69, 9.17) is 0 Å². The lowest BCUT2D eigenvalue weighted by Gasteiger charge is -2.05. The van der Waals surface area contributed by atoms with E-state index >= 15 is 0 Å². The van der Waals surface area contributed by atoms with Crippen molar-refractivity contribution in [1.29, 1.82) is 0 Å². The van der Waals surface area contributed by atoms with Gasteiger partial charge in [0.25, 0.3) is 0 Å². The van der Waals surface area contributed by atoms with E-state index in [2.05, 4.69) is 15.0 Å². The van der Waals surface area contributed by atoms with Crippen LogP contribution in [0.5, 0.6) is 0 Å². The normalized spacial score (nSPS) is 10.4. The van der Waals surface area contributed by atoms with Gasteiger partial charge < -0.3 is 0 Å². The maximum absolute atomic E-state index is 4.44. The Labute approximate surface area is 99.4 Å². The molecule has 2 aromatic rings. The van der Waals surface area contributed by atoms with Crippen LogP contribution in [-0.4, -0.2) is 15.0 Å². The van der Waals surface area contributed by atoms with Crippen LogP contribution >= 0.6 is 11.8 Å². The molecule has 0 aromatic carbocycles. The second-order valence-corrected chi connectivity index (χ2v) is 4.56. The SMILES string of the molecule is Cc1nc(Sc2ccccn2)nc(C)c1C. The van der Waals surface area contributed by atoms with E-state index in [9.17, 15) is 0 Å². The van der Waals surface area contributed by atoms with Gasteiger partial charge in [-0.2, -0.15) is 0 Å². The van der Waals surface area contributed by atoms with Gasteiger partial charge in [-0.25, -0.2) is 15.0 Å². The highest BCUT2D eigenvalue weighted by Gasteiger charge is 2.06. The van der Waals surface area contributed by atoms with Crippen LogP contribution in [0.15, 0.2) is 34.6 Å². The topological polar surface area (TPSA) is 38.7 Å². The van der Waals surface area contributed by atoms with Gasteiger partial charge in [-0.05, 0) is 50.2 Å². The van der Waals surface area contributed by atoms with Crippen molar-refractivity contribution in [1.82, 2.24) is 15.0 Å². The molecule has 0 spiro atoms. The molecule has 0 fully saturated rings. The Balaban J connectivity index is 2.29. The summed E-state index contributed by atoms with van der Waals surface area (Å²) >= 11 is 1.49. The van der Waals surface area contributed by atoms with Gasteiger partial charge in [-0.1, -0.05) is 6.07 Å². The highest BCUT2D eigenvalue weighted by molar-refractivity contribution is 7.99. The average molecular weight is 231 g/mol. The summed E-state index contributed by atoms with van der Waals surface area (Å²) in [5.41, 5.74) is 3.22. The molecule has 82 valence electrons. The molecule has 0 saturated carbocycles. The Hall–Kier alpha value is -1.42. The molecule has 2 aromatic heterocycles. The van der Waals surface area contributed by atoms with Crippen LogP contribution in [0.1, 0.15) is 17.0 Å². The highest BCUT2D eigenvalue weighted by atomic mass is 32.2. The average Bonchev–Trinajstić information content (AvgIpc) is 2.27. The number of rotatable bonds is 2. The first-order valence-electron chi connectivity index (χ1n) is 5.07. The van der Waals surface area contributed by atoms with Gasteiger partial charge in [0.15, 0.2) is 5.16 Å². The lowest BCUT2D eigenvalue weighted by atomic mass is 10.2. The van der Waals surface area contributed by atoms with Gasteiger partial charge in [0, 0.05) is 17.6 Å². The first-order valence-corrected chi connectivity index (χ1v) is 5.89. The monoisotopic (exact) mass is 231 g/mol. The number of hydrogen-bond acceptors (Lipinski definition) is 4. The van der Waals surface area contributed by atoms with E-state index in [1.807, 2.05) is 39.0 Å². The van der Waals surface area contributed by atoms with Gasteiger partial charge in [0.2, 0.25) is 0 Å². The van der Waals surface area contributed by atoms with Gasteiger partial charge in [0.05, 0.1) is 0 Å². The predicted octanol–water partition coefficient (Wildman–Crippen LogP) is 2.95. The second-order valence-electron chi connectivity index (χ2n) is 3.57. The minimum absolute atomic E-state index is 0.763. The molecule has 4 heteroatoms. The summed E-state index contributed by atoms with van der Waals surface area (Å²) in [6.45, 7) is 6.05. The molecule has 0 saturated heterocycles. The third-order valence-corrected chi connectivity index (χ3v) is 3.26. The fraction of sp³-hybridized carbons (Fsp3) is 0.250.